The second-order valence-electron chi connectivity index (χ2n) is 5.77. The number of nitrogens with one attached hydrogen (secondary N) is 2. The van der Waals surface area contributed by atoms with Crippen LogP contribution in [0.15, 0.2) is 53.1 Å². The van der Waals surface area contributed by atoms with Crippen LogP contribution in [0.5, 0.6) is 0 Å². The van der Waals surface area contributed by atoms with Gasteiger partial charge in [0.25, 0.3) is 5.91 Å². The highest BCUT2D eigenvalue weighted by atomic mass is 79.9. The van der Waals surface area contributed by atoms with Crippen LogP contribution < -0.4 is 10.6 Å². The Bertz CT molecular complexity index is 743. The van der Waals surface area contributed by atoms with E-state index in [-0.39, 0.29) is 17.9 Å². The lowest BCUT2D eigenvalue weighted by Gasteiger charge is -2.21. The third-order valence-corrected chi connectivity index (χ3v) is 5.18. The fourth-order valence-electron chi connectivity index (χ4n) is 2.41. The van der Waals surface area contributed by atoms with E-state index < -0.39 is 6.04 Å². The van der Waals surface area contributed by atoms with E-state index in [1.54, 1.807) is 36.2 Å². The first-order valence-electron chi connectivity index (χ1n) is 8.28. The average molecular weight is 436 g/mol. The summed E-state index contributed by atoms with van der Waals surface area (Å²) in [7, 11) is 0. The number of aromatic nitrogens is 1. The Hall–Kier alpha value is -1.86. The van der Waals surface area contributed by atoms with E-state index in [1.807, 2.05) is 37.4 Å². The van der Waals surface area contributed by atoms with Crippen molar-refractivity contribution < 1.29 is 9.59 Å². The van der Waals surface area contributed by atoms with E-state index in [9.17, 15) is 9.59 Å². The summed E-state index contributed by atoms with van der Waals surface area (Å²) in [5.74, 6) is 0.286. The Morgan fingerprint density at radius 2 is 1.88 bits per heavy atom. The normalized spacial score (nSPS) is 12.9. The summed E-state index contributed by atoms with van der Waals surface area (Å²) in [4.78, 5) is 29.5. The second kappa shape index (κ2) is 10.3. The molecule has 2 N–H and O–H groups in total. The minimum absolute atomic E-state index is 0.211. The fraction of sp³-hybridized carbons (Fsp3) is 0.316. The summed E-state index contributed by atoms with van der Waals surface area (Å²) < 4.78 is 0.698. The number of halogens is 1. The number of pyridine rings is 1. The van der Waals surface area contributed by atoms with Crippen molar-refractivity contribution in [3.05, 3.63) is 64.4 Å². The molecule has 1 heterocycles. The highest BCUT2D eigenvalue weighted by Gasteiger charge is 2.23. The third-order valence-electron chi connectivity index (χ3n) is 3.84. The molecule has 0 aliphatic rings. The van der Waals surface area contributed by atoms with Crippen molar-refractivity contribution in [2.45, 2.75) is 25.4 Å². The van der Waals surface area contributed by atoms with E-state index in [0.717, 1.165) is 11.4 Å². The van der Waals surface area contributed by atoms with E-state index in [4.69, 9.17) is 0 Å². The number of rotatable bonds is 8. The molecular formula is C19H22BrN3O2S. The number of nitrogens with zero attached hydrogens (tertiary/aromatic N) is 1. The first kappa shape index (κ1) is 20.5. The number of carbonyl (C=O) groups is 2. The summed E-state index contributed by atoms with van der Waals surface area (Å²) in [6, 6.07) is 11.9. The number of hydrogen-bond donors (Lipinski definition) is 2. The molecule has 0 radical (unpaired) electrons. The Balaban J connectivity index is 2.07. The van der Waals surface area contributed by atoms with Crippen molar-refractivity contribution >= 4 is 39.5 Å². The number of amides is 2. The van der Waals surface area contributed by atoms with Gasteiger partial charge in [-0.15, -0.1) is 0 Å². The van der Waals surface area contributed by atoms with Gasteiger partial charge in [0.1, 0.15) is 6.04 Å². The highest BCUT2D eigenvalue weighted by Crippen LogP contribution is 2.16. The Labute approximate surface area is 166 Å². The first-order valence-corrected chi connectivity index (χ1v) is 10.5. The van der Waals surface area contributed by atoms with Crippen molar-refractivity contribution in [3.8, 4) is 0 Å². The molecular weight excluding hydrogens is 414 g/mol. The van der Waals surface area contributed by atoms with Crippen LogP contribution in [0.4, 0.5) is 0 Å². The zero-order chi connectivity index (χ0) is 18.9. The third kappa shape index (κ3) is 5.85. The summed E-state index contributed by atoms with van der Waals surface area (Å²) in [6.07, 6.45) is 4.22. The van der Waals surface area contributed by atoms with Gasteiger partial charge >= 0.3 is 0 Å². The SMILES string of the molecule is CSCCC(NC(=O)c1ccccc1Br)C(=O)NC(C)c1ccccn1. The van der Waals surface area contributed by atoms with Crippen LogP contribution in [0.1, 0.15) is 35.4 Å². The molecule has 5 nitrogen and oxygen atoms in total. The zero-order valence-electron chi connectivity index (χ0n) is 14.7. The summed E-state index contributed by atoms with van der Waals surface area (Å²) in [5.41, 5.74) is 1.29. The molecule has 138 valence electrons. The van der Waals surface area contributed by atoms with Crippen molar-refractivity contribution in [1.82, 2.24) is 15.6 Å². The Morgan fingerprint density at radius 1 is 1.15 bits per heavy atom. The maximum atomic E-state index is 12.7. The average Bonchev–Trinajstić information content (AvgIpc) is 2.65. The molecule has 2 atom stereocenters. The van der Waals surface area contributed by atoms with Gasteiger partial charge in [-0.3, -0.25) is 14.6 Å². The largest absolute Gasteiger partial charge is 0.346 e. The van der Waals surface area contributed by atoms with Crippen LogP contribution >= 0.6 is 27.7 Å². The smallest absolute Gasteiger partial charge is 0.253 e. The maximum Gasteiger partial charge on any atom is 0.253 e. The highest BCUT2D eigenvalue weighted by molar-refractivity contribution is 9.10. The van der Waals surface area contributed by atoms with Crippen LogP contribution in [0, 0.1) is 0 Å². The molecule has 0 aliphatic carbocycles. The summed E-state index contributed by atoms with van der Waals surface area (Å²) in [5, 5.41) is 5.79. The number of thioether (sulfide) groups is 1. The Morgan fingerprint density at radius 3 is 2.54 bits per heavy atom. The van der Waals surface area contributed by atoms with E-state index in [0.29, 0.717) is 16.5 Å². The van der Waals surface area contributed by atoms with Crippen LogP contribution in [0.25, 0.3) is 0 Å². The minimum Gasteiger partial charge on any atom is -0.346 e. The zero-order valence-corrected chi connectivity index (χ0v) is 17.1. The number of benzene rings is 1. The van der Waals surface area contributed by atoms with Gasteiger partial charge in [0, 0.05) is 10.7 Å². The van der Waals surface area contributed by atoms with Gasteiger partial charge < -0.3 is 10.6 Å². The lowest BCUT2D eigenvalue weighted by Crippen LogP contribution is -2.47. The predicted molar refractivity (Wildman–Crippen MR) is 109 cm³/mol. The van der Waals surface area contributed by atoms with E-state index >= 15 is 0 Å². The molecule has 2 rings (SSSR count). The standard InChI is InChI=1S/C19H22BrN3O2S/c1-13(16-9-5-6-11-21-16)22-19(25)17(10-12-26-2)23-18(24)14-7-3-4-8-15(14)20/h3-9,11,13,17H,10,12H2,1-2H3,(H,22,25)(H,23,24). The number of carbonyl (C=O) groups excluding carboxylic acids is 2. The molecule has 7 heteroatoms. The van der Waals surface area contributed by atoms with Gasteiger partial charge in [-0.2, -0.15) is 11.8 Å². The van der Waals surface area contributed by atoms with Crippen LogP contribution in [-0.2, 0) is 4.79 Å². The molecule has 2 amide bonds. The summed E-state index contributed by atoms with van der Waals surface area (Å²) >= 11 is 5.01. The molecule has 0 saturated carbocycles. The molecule has 0 aliphatic heterocycles. The van der Waals surface area contributed by atoms with Crippen LogP contribution in [-0.4, -0.2) is 34.8 Å². The molecule has 1 aromatic carbocycles. The quantitative estimate of drug-likeness (QED) is 0.664. The minimum atomic E-state index is -0.604. The van der Waals surface area contributed by atoms with Gasteiger partial charge in [-0.05, 0) is 65.5 Å². The van der Waals surface area contributed by atoms with Crippen molar-refractivity contribution in [1.29, 1.82) is 0 Å². The second-order valence-corrected chi connectivity index (χ2v) is 7.61. The van der Waals surface area contributed by atoms with Crippen LogP contribution in [0.3, 0.4) is 0 Å². The summed E-state index contributed by atoms with van der Waals surface area (Å²) in [6.45, 7) is 1.88. The predicted octanol–water partition coefficient (Wildman–Crippen LogP) is 3.57. The first-order chi connectivity index (χ1) is 12.5. The van der Waals surface area contributed by atoms with Crippen molar-refractivity contribution in [2.75, 3.05) is 12.0 Å². The molecule has 2 unspecified atom stereocenters. The lowest BCUT2D eigenvalue weighted by molar-refractivity contribution is -0.123. The fourth-order valence-corrected chi connectivity index (χ4v) is 3.34. The van der Waals surface area contributed by atoms with Gasteiger partial charge in [-0.25, -0.2) is 0 Å². The van der Waals surface area contributed by atoms with E-state index in [2.05, 4.69) is 31.5 Å². The molecule has 0 spiro atoms. The topological polar surface area (TPSA) is 71.1 Å². The van der Waals surface area contributed by atoms with E-state index in [1.165, 1.54) is 0 Å². The van der Waals surface area contributed by atoms with Crippen molar-refractivity contribution in [2.24, 2.45) is 0 Å². The molecule has 0 bridgehead atoms. The monoisotopic (exact) mass is 435 g/mol. The van der Waals surface area contributed by atoms with Gasteiger partial charge in [-0.1, -0.05) is 18.2 Å². The van der Waals surface area contributed by atoms with Gasteiger partial charge in [0.05, 0.1) is 17.3 Å². The molecule has 0 fully saturated rings. The van der Waals surface area contributed by atoms with Crippen molar-refractivity contribution in [3.63, 3.8) is 0 Å². The molecule has 0 saturated heterocycles. The number of hydrogen-bond acceptors (Lipinski definition) is 4. The molecule has 2 aromatic rings. The Kier molecular flexibility index (Phi) is 8.12. The van der Waals surface area contributed by atoms with Gasteiger partial charge in [0.2, 0.25) is 5.91 Å². The molecule has 1 aromatic heterocycles. The maximum absolute atomic E-state index is 12.7. The van der Waals surface area contributed by atoms with Crippen LogP contribution in [0.2, 0.25) is 0 Å². The lowest BCUT2D eigenvalue weighted by atomic mass is 10.1. The van der Waals surface area contributed by atoms with Gasteiger partial charge in [0.15, 0.2) is 0 Å². The molecule has 26 heavy (non-hydrogen) atoms.